The van der Waals surface area contributed by atoms with Crippen LogP contribution in [0, 0.1) is 17.8 Å². The van der Waals surface area contributed by atoms with Crippen molar-refractivity contribution in [3.05, 3.63) is 57.6 Å². The number of carbonyl (C=O) groups is 4. The number of aliphatic hydroxyl groups is 2. The third-order valence-corrected chi connectivity index (χ3v) is 6.25. The molecule has 0 bridgehead atoms. The van der Waals surface area contributed by atoms with Crippen molar-refractivity contribution in [3.8, 4) is 5.75 Å². The highest BCUT2D eigenvalue weighted by Gasteiger charge is 2.49. The lowest BCUT2D eigenvalue weighted by Gasteiger charge is -2.40. The molecule has 0 aromatic heterocycles. The first kappa shape index (κ1) is 19.8. The van der Waals surface area contributed by atoms with Crippen molar-refractivity contribution in [1.29, 1.82) is 0 Å². The number of phenolic OH excluding ortho intramolecular Hbond substituents is 1. The number of hydrogen-bond donors (Lipinski definition) is 3. The number of carbonyl (C=O) groups excluding carboxylic acids is 4. The molecule has 0 amide bonds. The van der Waals surface area contributed by atoms with Crippen molar-refractivity contribution < 1.29 is 34.5 Å². The number of hydrogen-bond acceptors (Lipinski definition) is 7. The second-order valence-corrected chi connectivity index (χ2v) is 7.98. The zero-order chi connectivity index (χ0) is 21.7. The van der Waals surface area contributed by atoms with Crippen molar-refractivity contribution in [2.24, 2.45) is 17.8 Å². The van der Waals surface area contributed by atoms with Gasteiger partial charge in [0.05, 0.1) is 17.1 Å². The molecule has 0 heterocycles. The summed E-state index contributed by atoms with van der Waals surface area (Å²) in [7, 11) is 0. The summed E-state index contributed by atoms with van der Waals surface area (Å²) in [4.78, 5) is 48.5. The fourth-order valence-electron chi connectivity index (χ4n) is 5.02. The number of rotatable bonds is 3. The molecule has 154 valence electrons. The number of phenols is 1. The SMILES string of the molecule is CC(=O)C1=C(O)CC2CC3Cc4ccc(/C=C/C=O)c(O)c4C(=O)C3=C(O)C2C1=O. The monoisotopic (exact) mass is 408 g/mol. The van der Waals surface area contributed by atoms with Crippen LogP contribution in [0.4, 0.5) is 0 Å². The number of benzene rings is 1. The summed E-state index contributed by atoms with van der Waals surface area (Å²) in [6.45, 7) is 1.17. The van der Waals surface area contributed by atoms with E-state index in [0.717, 1.165) is 0 Å². The largest absolute Gasteiger partial charge is 0.511 e. The predicted molar refractivity (Wildman–Crippen MR) is 106 cm³/mol. The van der Waals surface area contributed by atoms with Crippen molar-refractivity contribution >= 4 is 29.7 Å². The third kappa shape index (κ3) is 2.81. The molecule has 3 aliphatic carbocycles. The molecule has 0 fully saturated rings. The molecule has 0 spiro atoms. The maximum absolute atomic E-state index is 13.3. The molecule has 1 aromatic rings. The average molecular weight is 408 g/mol. The molecule has 7 nitrogen and oxygen atoms in total. The number of fused-ring (bicyclic) bond motifs is 3. The number of Topliss-reactive ketones (excluding diaryl/α,β-unsaturated/α-hetero) is 3. The minimum Gasteiger partial charge on any atom is -0.511 e. The summed E-state index contributed by atoms with van der Waals surface area (Å²) >= 11 is 0. The molecular weight excluding hydrogens is 388 g/mol. The van der Waals surface area contributed by atoms with E-state index in [1.165, 1.54) is 19.1 Å². The number of ketones is 3. The Balaban J connectivity index is 1.83. The zero-order valence-electron chi connectivity index (χ0n) is 16.2. The normalized spacial score (nSPS) is 25.8. The molecule has 0 saturated carbocycles. The molecule has 3 N–H and O–H groups in total. The van der Waals surface area contributed by atoms with Gasteiger partial charge in [-0.1, -0.05) is 12.1 Å². The van der Waals surface area contributed by atoms with E-state index in [2.05, 4.69) is 0 Å². The minimum absolute atomic E-state index is 0.0488. The molecule has 0 saturated heterocycles. The molecule has 30 heavy (non-hydrogen) atoms. The minimum atomic E-state index is -1.06. The van der Waals surface area contributed by atoms with Gasteiger partial charge in [0.25, 0.3) is 0 Å². The Bertz CT molecular complexity index is 1100. The van der Waals surface area contributed by atoms with E-state index in [1.54, 1.807) is 12.1 Å². The number of aromatic hydroxyl groups is 1. The van der Waals surface area contributed by atoms with Crippen LogP contribution in [0.2, 0.25) is 0 Å². The first-order chi connectivity index (χ1) is 14.3. The van der Waals surface area contributed by atoms with Gasteiger partial charge in [0.2, 0.25) is 0 Å². The van der Waals surface area contributed by atoms with Crippen LogP contribution < -0.4 is 0 Å². The Morgan fingerprint density at radius 1 is 1.13 bits per heavy atom. The molecule has 4 rings (SSSR count). The van der Waals surface area contributed by atoms with E-state index in [-0.39, 0.29) is 46.3 Å². The van der Waals surface area contributed by atoms with E-state index in [9.17, 15) is 34.5 Å². The van der Waals surface area contributed by atoms with Gasteiger partial charge in [-0.25, -0.2) is 0 Å². The summed E-state index contributed by atoms with van der Waals surface area (Å²) in [5.41, 5.74) is 0.713. The summed E-state index contributed by atoms with van der Waals surface area (Å²) in [5, 5.41) is 31.7. The number of aliphatic hydroxyl groups excluding tert-OH is 2. The predicted octanol–water partition coefficient (Wildman–Crippen LogP) is 2.78. The molecule has 3 unspecified atom stereocenters. The fraction of sp³-hybridized carbons (Fsp3) is 0.304. The van der Waals surface area contributed by atoms with Gasteiger partial charge in [-0.15, -0.1) is 0 Å². The van der Waals surface area contributed by atoms with Gasteiger partial charge in [0, 0.05) is 17.6 Å². The quantitative estimate of drug-likeness (QED) is 0.398. The van der Waals surface area contributed by atoms with Gasteiger partial charge in [-0.2, -0.15) is 0 Å². The number of aldehydes is 1. The van der Waals surface area contributed by atoms with E-state index in [4.69, 9.17) is 0 Å². The highest BCUT2D eigenvalue weighted by molar-refractivity contribution is 6.22. The molecule has 1 aromatic carbocycles. The lowest BCUT2D eigenvalue weighted by atomic mass is 9.62. The maximum Gasteiger partial charge on any atom is 0.196 e. The second kappa shape index (κ2) is 7.09. The van der Waals surface area contributed by atoms with Crippen LogP contribution in [0.25, 0.3) is 6.08 Å². The van der Waals surface area contributed by atoms with Gasteiger partial charge >= 0.3 is 0 Å². The Hall–Kier alpha value is -3.48. The molecule has 7 heteroatoms. The van der Waals surface area contributed by atoms with E-state index in [1.807, 2.05) is 0 Å². The summed E-state index contributed by atoms with van der Waals surface area (Å²) in [6.07, 6.45) is 3.99. The lowest BCUT2D eigenvalue weighted by molar-refractivity contribution is -0.125. The molecule has 3 atom stereocenters. The molecule has 3 aliphatic rings. The Morgan fingerprint density at radius 2 is 1.87 bits per heavy atom. The lowest BCUT2D eigenvalue weighted by Crippen LogP contribution is -2.42. The van der Waals surface area contributed by atoms with Crippen LogP contribution in [0.3, 0.4) is 0 Å². The fourth-order valence-corrected chi connectivity index (χ4v) is 5.02. The van der Waals surface area contributed by atoms with Crippen molar-refractivity contribution in [1.82, 2.24) is 0 Å². The van der Waals surface area contributed by atoms with E-state index in [0.29, 0.717) is 30.3 Å². The van der Waals surface area contributed by atoms with Gasteiger partial charge in [-0.05, 0) is 49.3 Å². The van der Waals surface area contributed by atoms with Crippen LogP contribution in [-0.2, 0) is 20.8 Å². The highest BCUT2D eigenvalue weighted by atomic mass is 16.3. The van der Waals surface area contributed by atoms with Crippen molar-refractivity contribution in [2.75, 3.05) is 0 Å². The van der Waals surface area contributed by atoms with Gasteiger partial charge in [0.15, 0.2) is 17.3 Å². The van der Waals surface area contributed by atoms with Crippen molar-refractivity contribution in [3.63, 3.8) is 0 Å². The second-order valence-electron chi connectivity index (χ2n) is 7.98. The van der Waals surface area contributed by atoms with Crippen LogP contribution >= 0.6 is 0 Å². The third-order valence-electron chi connectivity index (χ3n) is 6.25. The summed E-state index contributed by atoms with van der Waals surface area (Å²) < 4.78 is 0. The van der Waals surface area contributed by atoms with Crippen LogP contribution in [-0.4, -0.2) is 39.0 Å². The van der Waals surface area contributed by atoms with Gasteiger partial charge in [0.1, 0.15) is 23.6 Å². The first-order valence-electron chi connectivity index (χ1n) is 9.67. The van der Waals surface area contributed by atoms with Gasteiger partial charge in [-0.3, -0.25) is 19.2 Å². The zero-order valence-corrected chi connectivity index (χ0v) is 16.2. The molecular formula is C23H20O7. The Morgan fingerprint density at radius 3 is 2.53 bits per heavy atom. The standard InChI is InChI=1S/C23H20O7/c1-10(25)16-15(26)9-14-8-13-7-12-5-4-11(3-2-6-24)20(27)17(12)22(29)18(13)23(30)19(14)21(16)28/h2-6,13-14,19,26-27,30H,7-9H2,1H3/b3-2+. The molecule has 0 radical (unpaired) electrons. The molecule has 0 aliphatic heterocycles. The van der Waals surface area contributed by atoms with Crippen molar-refractivity contribution in [2.45, 2.75) is 26.2 Å². The van der Waals surface area contributed by atoms with Crippen LogP contribution in [0.1, 0.15) is 41.3 Å². The number of allylic oxidation sites excluding steroid dienone is 5. The topological polar surface area (TPSA) is 129 Å². The Labute approximate surface area is 172 Å². The summed E-state index contributed by atoms with van der Waals surface area (Å²) in [5.74, 6) is -4.58. The highest BCUT2D eigenvalue weighted by Crippen LogP contribution is 2.49. The van der Waals surface area contributed by atoms with Gasteiger partial charge < -0.3 is 15.3 Å². The van der Waals surface area contributed by atoms with Crippen LogP contribution in [0.5, 0.6) is 5.75 Å². The summed E-state index contributed by atoms with van der Waals surface area (Å²) in [6, 6.07) is 3.31. The van der Waals surface area contributed by atoms with E-state index < -0.39 is 29.2 Å². The van der Waals surface area contributed by atoms with Crippen LogP contribution in [0.15, 0.2) is 40.9 Å². The maximum atomic E-state index is 13.3. The first-order valence-corrected chi connectivity index (χ1v) is 9.67. The van der Waals surface area contributed by atoms with E-state index >= 15 is 0 Å². The average Bonchev–Trinajstić information content (AvgIpc) is 2.66. The smallest absolute Gasteiger partial charge is 0.196 e. The Kier molecular flexibility index (Phi) is 4.68.